The smallest absolute Gasteiger partial charge is 0.338 e. The number of likely N-dealkylation sites (N-methyl/N-ethyl adjacent to an activating group) is 1. The fraction of sp³-hybridized carbons (Fsp3) is 0.385. The number of fused-ring (bicyclic) bond motifs is 1. The molecule has 1 fully saturated rings. The number of nitrogens with one attached hydrogen (secondary N) is 4. The van der Waals surface area contributed by atoms with E-state index < -0.39 is 11.5 Å². The predicted molar refractivity (Wildman–Crippen MR) is 139 cm³/mol. The van der Waals surface area contributed by atoms with Crippen molar-refractivity contribution in [2.45, 2.75) is 38.8 Å². The van der Waals surface area contributed by atoms with Gasteiger partial charge in [-0.3, -0.25) is 20.0 Å². The Morgan fingerprint density at radius 2 is 1.86 bits per heavy atom. The van der Waals surface area contributed by atoms with Crippen LogP contribution in [0.15, 0.2) is 36.4 Å². The highest BCUT2D eigenvalue weighted by Gasteiger charge is 2.49. The van der Waals surface area contributed by atoms with Crippen LogP contribution >= 0.6 is 0 Å². The van der Waals surface area contributed by atoms with Crippen LogP contribution in [-0.2, 0) is 21.7 Å². The van der Waals surface area contributed by atoms with E-state index in [1.165, 1.54) is 0 Å². The molecule has 190 valence electrons. The van der Waals surface area contributed by atoms with Crippen LogP contribution in [0.2, 0.25) is 0 Å². The Morgan fingerprint density at radius 1 is 1.19 bits per heavy atom. The van der Waals surface area contributed by atoms with Crippen LogP contribution < -0.4 is 16.4 Å². The standard InChI is InChI=1S/C26H33N7O3/c1-16-19(26(2,30-15-22(34)35)25(36)33(3)12-4-5-13-33)10-11-20-23(16)32-21(31-20)14-29-18-8-6-17(7-9-18)24(27)28/h6-11,30H,4-5,12-15H2,1-3H3,(H5-,27,28,29,31,32,34,35)/p+1/t26-/m1/s1. The average molecular weight is 493 g/mol. The van der Waals surface area contributed by atoms with Gasteiger partial charge in [-0.2, -0.15) is 0 Å². The fourth-order valence-corrected chi connectivity index (χ4v) is 5.16. The number of H-pyrrole nitrogens is 1. The Labute approximate surface area is 210 Å². The molecule has 36 heavy (non-hydrogen) atoms. The van der Waals surface area contributed by atoms with Crippen molar-refractivity contribution in [2.24, 2.45) is 5.73 Å². The Balaban J connectivity index is 1.63. The number of carbonyl (C=O) groups excluding carboxylic acids is 1. The molecular weight excluding hydrogens is 458 g/mol. The highest BCUT2D eigenvalue weighted by Crippen LogP contribution is 2.34. The van der Waals surface area contributed by atoms with E-state index in [9.17, 15) is 14.7 Å². The first-order chi connectivity index (χ1) is 17.0. The van der Waals surface area contributed by atoms with Gasteiger partial charge in [0.1, 0.15) is 11.7 Å². The number of nitrogens with two attached hydrogens (primary N) is 1. The number of carbonyl (C=O) groups is 2. The van der Waals surface area contributed by atoms with E-state index in [4.69, 9.17) is 16.1 Å². The van der Waals surface area contributed by atoms with Gasteiger partial charge in [-0.1, -0.05) is 6.07 Å². The zero-order chi connectivity index (χ0) is 26.1. The molecule has 1 aliphatic rings. The number of nitrogens with zero attached hydrogens (tertiary/aromatic N) is 2. The molecule has 1 atom stereocenters. The van der Waals surface area contributed by atoms with Crippen molar-refractivity contribution in [3.8, 4) is 0 Å². The summed E-state index contributed by atoms with van der Waals surface area (Å²) in [5, 5.41) is 23.2. The van der Waals surface area contributed by atoms with E-state index in [1.54, 1.807) is 19.1 Å². The Kier molecular flexibility index (Phi) is 6.83. The molecule has 4 rings (SSSR count). The third kappa shape index (κ3) is 4.82. The number of quaternary nitrogens is 1. The van der Waals surface area contributed by atoms with Gasteiger partial charge in [-0.05, 0) is 55.3 Å². The first-order valence-electron chi connectivity index (χ1n) is 12.1. The van der Waals surface area contributed by atoms with Gasteiger partial charge >= 0.3 is 11.9 Å². The molecule has 0 bridgehead atoms. The molecule has 10 heteroatoms. The van der Waals surface area contributed by atoms with Gasteiger partial charge in [0.05, 0.1) is 44.3 Å². The molecule has 1 saturated heterocycles. The summed E-state index contributed by atoms with van der Waals surface area (Å²) in [6.45, 7) is 5.33. The van der Waals surface area contributed by atoms with Gasteiger partial charge in [-0.25, -0.2) is 9.78 Å². The van der Waals surface area contributed by atoms with E-state index in [-0.39, 0.29) is 22.8 Å². The monoisotopic (exact) mass is 492 g/mol. The molecule has 3 aromatic rings. The number of aromatic nitrogens is 2. The number of imidazole rings is 1. The zero-order valence-corrected chi connectivity index (χ0v) is 20.9. The van der Waals surface area contributed by atoms with Crippen LogP contribution in [0.5, 0.6) is 0 Å². The van der Waals surface area contributed by atoms with E-state index >= 15 is 0 Å². The summed E-state index contributed by atoms with van der Waals surface area (Å²) in [5.74, 6) is -0.295. The molecule has 1 amide bonds. The molecule has 10 nitrogen and oxygen atoms in total. The number of carboxylic acids is 1. The van der Waals surface area contributed by atoms with E-state index in [0.717, 1.165) is 59.6 Å². The van der Waals surface area contributed by atoms with Crippen LogP contribution in [0.1, 0.15) is 42.3 Å². The van der Waals surface area contributed by atoms with Crippen LogP contribution in [-0.4, -0.2) is 64.0 Å². The molecule has 0 radical (unpaired) electrons. The number of rotatable bonds is 9. The second-order valence-corrected chi connectivity index (χ2v) is 9.89. The summed E-state index contributed by atoms with van der Waals surface area (Å²) in [4.78, 5) is 33.4. The molecular formula is C26H34N7O3+. The zero-order valence-electron chi connectivity index (χ0n) is 20.9. The van der Waals surface area contributed by atoms with Crippen LogP contribution in [0, 0.1) is 12.3 Å². The average Bonchev–Trinajstić information content (AvgIpc) is 3.48. The summed E-state index contributed by atoms with van der Waals surface area (Å²) in [5.41, 5.74) is 9.03. The number of nitrogen functional groups attached to an aromatic ring is 1. The van der Waals surface area contributed by atoms with Crippen molar-refractivity contribution in [3.05, 3.63) is 58.9 Å². The first-order valence-corrected chi connectivity index (χ1v) is 12.1. The molecule has 0 saturated carbocycles. The third-order valence-corrected chi connectivity index (χ3v) is 7.22. The second-order valence-electron chi connectivity index (χ2n) is 9.89. The molecule has 1 aromatic heterocycles. The van der Waals surface area contributed by atoms with Gasteiger partial charge in [0.15, 0.2) is 5.54 Å². The Morgan fingerprint density at radius 3 is 2.47 bits per heavy atom. The van der Waals surface area contributed by atoms with E-state index in [1.807, 2.05) is 38.2 Å². The molecule has 1 aliphatic heterocycles. The minimum Gasteiger partial charge on any atom is -0.480 e. The summed E-state index contributed by atoms with van der Waals surface area (Å²) >= 11 is 0. The summed E-state index contributed by atoms with van der Waals surface area (Å²) < 4.78 is 0.277. The molecule has 7 N–H and O–H groups in total. The number of aryl methyl sites for hydroxylation is 1. The lowest BCUT2D eigenvalue weighted by Gasteiger charge is -2.37. The Bertz CT molecular complexity index is 1310. The van der Waals surface area contributed by atoms with E-state index in [2.05, 4.69) is 15.6 Å². The van der Waals surface area contributed by atoms with Crippen molar-refractivity contribution >= 4 is 34.4 Å². The minimum atomic E-state index is -1.18. The van der Waals surface area contributed by atoms with E-state index in [0.29, 0.717) is 12.1 Å². The van der Waals surface area contributed by atoms with Crippen molar-refractivity contribution < 1.29 is 19.2 Å². The number of aromatic amines is 1. The van der Waals surface area contributed by atoms with Crippen molar-refractivity contribution in [1.82, 2.24) is 15.3 Å². The van der Waals surface area contributed by atoms with Gasteiger partial charge in [0.25, 0.3) is 0 Å². The number of carboxylic acid groups (broad SMARTS) is 1. The molecule has 0 spiro atoms. The minimum absolute atomic E-state index is 0.0224. The lowest BCUT2D eigenvalue weighted by molar-refractivity contribution is -0.823. The normalized spacial score (nSPS) is 16.5. The number of likely N-dealkylation sites (tertiary alicyclic amines) is 1. The maximum Gasteiger partial charge on any atom is 0.338 e. The SMILES string of the molecule is Cc1c([C@@](C)(NCC(=O)O)C(=O)[N+]2(C)CCCC2)ccc2[nH]c(CNc3ccc(C(=N)N)cc3)nc12. The molecule has 0 unspecified atom stereocenters. The van der Waals surface area contributed by atoms with Gasteiger partial charge in [0, 0.05) is 24.1 Å². The number of anilines is 1. The largest absolute Gasteiger partial charge is 0.480 e. The molecule has 2 heterocycles. The summed E-state index contributed by atoms with van der Waals surface area (Å²) in [7, 11) is 1.94. The number of aliphatic carboxylic acids is 1. The first kappa shape index (κ1) is 25.3. The second kappa shape index (κ2) is 9.71. The number of hydrogen-bond donors (Lipinski definition) is 6. The molecule has 2 aromatic carbocycles. The molecule has 0 aliphatic carbocycles. The fourth-order valence-electron chi connectivity index (χ4n) is 5.16. The van der Waals surface area contributed by atoms with Crippen LogP contribution in [0.3, 0.4) is 0 Å². The van der Waals surface area contributed by atoms with Gasteiger partial charge in [0.2, 0.25) is 0 Å². The summed E-state index contributed by atoms with van der Waals surface area (Å²) in [6.07, 6.45) is 1.95. The number of amides is 1. The number of hydrogen-bond acceptors (Lipinski definition) is 6. The maximum absolute atomic E-state index is 13.9. The summed E-state index contributed by atoms with van der Waals surface area (Å²) in [6, 6.07) is 11.1. The van der Waals surface area contributed by atoms with Crippen LogP contribution in [0.4, 0.5) is 5.69 Å². The van der Waals surface area contributed by atoms with Gasteiger partial charge in [-0.15, -0.1) is 0 Å². The van der Waals surface area contributed by atoms with Crippen molar-refractivity contribution in [1.29, 1.82) is 5.41 Å². The maximum atomic E-state index is 13.9. The van der Waals surface area contributed by atoms with Crippen molar-refractivity contribution in [3.63, 3.8) is 0 Å². The highest BCUT2D eigenvalue weighted by molar-refractivity contribution is 5.95. The number of benzene rings is 2. The quantitative estimate of drug-likeness (QED) is 0.152. The number of amidine groups is 1. The highest BCUT2D eigenvalue weighted by atomic mass is 16.4. The van der Waals surface area contributed by atoms with Crippen LogP contribution in [0.25, 0.3) is 11.0 Å². The predicted octanol–water partition coefficient (Wildman–Crippen LogP) is 2.42. The Hall–Kier alpha value is -3.76. The van der Waals surface area contributed by atoms with Gasteiger partial charge < -0.3 is 21.1 Å². The van der Waals surface area contributed by atoms with Crippen molar-refractivity contribution in [2.75, 3.05) is 32.0 Å². The lowest BCUT2D eigenvalue weighted by Crippen LogP contribution is -2.61. The third-order valence-electron chi connectivity index (χ3n) is 7.22. The topological polar surface area (TPSA) is 157 Å². The lowest BCUT2D eigenvalue weighted by atomic mass is 9.85.